The Kier molecular flexibility index (Phi) is 5.18. The lowest BCUT2D eigenvalue weighted by Gasteiger charge is -2.10. The topological polar surface area (TPSA) is 80.7 Å². The number of carbonyl (C=O) groups is 1. The molecule has 20 heavy (non-hydrogen) atoms. The number of benzene rings is 1. The van der Waals surface area contributed by atoms with E-state index in [0.29, 0.717) is 12.1 Å². The van der Waals surface area contributed by atoms with Crippen molar-refractivity contribution in [3.8, 4) is 0 Å². The predicted octanol–water partition coefficient (Wildman–Crippen LogP) is 1.86. The molecule has 0 saturated heterocycles. The van der Waals surface area contributed by atoms with E-state index in [1.165, 1.54) is 0 Å². The molecule has 8 heteroatoms. The lowest BCUT2D eigenvalue weighted by molar-refractivity contribution is 0.0695. The highest BCUT2D eigenvalue weighted by Crippen LogP contribution is 2.21. The van der Waals surface area contributed by atoms with Gasteiger partial charge in [0, 0.05) is 0 Å². The molecule has 0 amide bonds. The fraction of sp³-hybridized carbons (Fsp3) is 0.417. The molecule has 0 unspecified atom stereocenters. The second-order valence-electron chi connectivity index (χ2n) is 4.31. The molecule has 1 rings (SSSR count). The summed E-state index contributed by atoms with van der Waals surface area (Å²) in [7, 11) is -4.17. The van der Waals surface area contributed by atoms with Gasteiger partial charge in [-0.3, -0.25) is 0 Å². The first kappa shape index (κ1) is 16.5. The molecule has 0 bridgehead atoms. The van der Waals surface area contributed by atoms with Gasteiger partial charge in [0.15, 0.2) is 21.5 Å². The Bertz CT molecular complexity index is 611. The molecule has 0 aliphatic rings. The summed E-state index contributed by atoms with van der Waals surface area (Å²) in [6.07, 6.45) is -0.211. The Balaban J connectivity index is 3.14. The lowest BCUT2D eigenvalue weighted by atomic mass is 10.2. The van der Waals surface area contributed by atoms with Crippen molar-refractivity contribution >= 4 is 15.8 Å². The predicted molar refractivity (Wildman–Crippen MR) is 66.5 cm³/mol. The third kappa shape index (κ3) is 3.97. The maximum atomic E-state index is 13.5. The van der Waals surface area contributed by atoms with Crippen LogP contribution in [0.25, 0.3) is 0 Å². The molecular weight excluding hydrogens is 294 g/mol. The maximum absolute atomic E-state index is 13.5. The second-order valence-corrected chi connectivity index (χ2v) is 6.39. The molecule has 0 radical (unpaired) electrons. The highest BCUT2D eigenvalue weighted by molar-refractivity contribution is 7.91. The molecule has 0 heterocycles. The van der Waals surface area contributed by atoms with Crippen LogP contribution in [0.2, 0.25) is 0 Å². The molecule has 112 valence electrons. The van der Waals surface area contributed by atoms with Gasteiger partial charge in [-0.05, 0) is 26.0 Å². The first-order valence-corrected chi connectivity index (χ1v) is 7.37. The number of carboxylic acid groups (broad SMARTS) is 1. The molecule has 1 N–H and O–H groups in total. The Labute approximate surface area is 115 Å². The third-order valence-corrected chi connectivity index (χ3v) is 4.05. The van der Waals surface area contributed by atoms with Crippen LogP contribution in [0.3, 0.4) is 0 Å². The van der Waals surface area contributed by atoms with Crippen LogP contribution in [0.5, 0.6) is 0 Å². The van der Waals surface area contributed by atoms with Crippen molar-refractivity contribution < 1.29 is 31.8 Å². The van der Waals surface area contributed by atoms with Crippen molar-refractivity contribution in [3.63, 3.8) is 0 Å². The van der Waals surface area contributed by atoms with Crippen LogP contribution in [0.15, 0.2) is 17.0 Å². The van der Waals surface area contributed by atoms with E-state index in [1.54, 1.807) is 13.8 Å². The minimum atomic E-state index is -4.17. The van der Waals surface area contributed by atoms with E-state index in [1.807, 2.05) is 0 Å². The van der Waals surface area contributed by atoms with Gasteiger partial charge in [0.05, 0.1) is 24.0 Å². The molecule has 5 nitrogen and oxygen atoms in total. The average molecular weight is 308 g/mol. The zero-order valence-corrected chi connectivity index (χ0v) is 11.7. The van der Waals surface area contributed by atoms with E-state index >= 15 is 0 Å². The third-order valence-electron chi connectivity index (χ3n) is 2.38. The first-order valence-electron chi connectivity index (χ1n) is 5.72. The molecular formula is C12H14F2O5S. The number of aromatic carboxylic acids is 1. The number of rotatable bonds is 6. The summed E-state index contributed by atoms with van der Waals surface area (Å²) < 4.78 is 55.6. The fourth-order valence-corrected chi connectivity index (χ4v) is 2.63. The smallest absolute Gasteiger partial charge is 0.335 e. The summed E-state index contributed by atoms with van der Waals surface area (Å²) in [5.74, 6) is -5.21. The number of sulfone groups is 1. The second kappa shape index (κ2) is 6.27. The van der Waals surface area contributed by atoms with Crippen molar-refractivity contribution in [3.05, 3.63) is 29.3 Å². The van der Waals surface area contributed by atoms with Crippen LogP contribution in [0, 0.1) is 11.6 Å². The van der Waals surface area contributed by atoms with Gasteiger partial charge in [-0.2, -0.15) is 0 Å². The number of ether oxygens (including phenoxy) is 1. The fourth-order valence-electron chi connectivity index (χ4n) is 1.42. The zero-order valence-electron chi connectivity index (χ0n) is 10.9. The number of hydrogen-bond acceptors (Lipinski definition) is 4. The molecule has 1 aromatic carbocycles. The molecule has 0 fully saturated rings. The molecule has 1 aromatic rings. The summed E-state index contributed by atoms with van der Waals surface area (Å²) in [6, 6.07) is 1.03. The largest absolute Gasteiger partial charge is 0.478 e. The van der Waals surface area contributed by atoms with Crippen molar-refractivity contribution in [2.24, 2.45) is 0 Å². The SMILES string of the molecule is CC(C)OCCS(=O)(=O)c1cc(C(=O)O)cc(F)c1F. The van der Waals surface area contributed by atoms with Crippen LogP contribution < -0.4 is 0 Å². The first-order chi connectivity index (χ1) is 9.15. The lowest BCUT2D eigenvalue weighted by Crippen LogP contribution is -2.17. The highest BCUT2D eigenvalue weighted by Gasteiger charge is 2.24. The van der Waals surface area contributed by atoms with E-state index in [0.717, 1.165) is 0 Å². The summed E-state index contributed by atoms with van der Waals surface area (Å²) in [4.78, 5) is 9.77. The van der Waals surface area contributed by atoms with E-state index < -0.39 is 43.7 Å². The normalized spacial score (nSPS) is 11.8. The number of halogens is 2. The van der Waals surface area contributed by atoms with Gasteiger partial charge in [-0.15, -0.1) is 0 Å². The monoisotopic (exact) mass is 308 g/mol. The van der Waals surface area contributed by atoms with Gasteiger partial charge >= 0.3 is 5.97 Å². The number of carboxylic acids is 1. The molecule has 0 aliphatic carbocycles. The maximum Gasteiger partial charge on any atom is 0.335 e. The summed E-state index contributed by atoms with van der Waals surface area (Å²) in [6.45, 7) is 3.19. The standard InChI is InChI=1S/C12H14F2O5S/c1-7(2)19-3-4-20(17,18)10-6-8(12(15)16)5-9(13)11(10)14/h5-7H,3-4H2,1-2H3,(H,15,16). The van der Waals surface area contributed by atoms with E-state index in [-0.39, 0.29) is 12.7 Å². The summed E-state index contributed by atoms with van der Waals surface area (Å²) in [5, 5.41) is 8.73. The van der Waals surface area contributed by atoms with Crippen LogP contribution >= 0.6 is 0 Å². The molecule has 0 atom stereocenters. The Morgan fingerprint density at radius 1 is 1.35 bits per heavy atom. The minimum absolute atomic E-state index is 0.196. The van der Waals surface area contributed by atoms with Crippen LogP contribution in [0.4, 0.5) is 8.78 Å². The van der Waals surface area contributed by atoms with Gasteiger partial charge in [0.1, 0.15) is 4.90 Å². The van der Waals surface area contributed by atoms with E-state index in [4.69, 9.17) is 9.84 Å². The van der Waals surface area contributed by atoms with Gasteiger partial charge < -0.3 is 9.84 Å². The summed E-state index contributed by atoms with van der Waals surface area (Å²) >= 11 is 0. The van der Waals surface area contributed by atoms with Gasteiger partial charge in [-0.1, -0.05) is 0 Å². The minimum Gasteiger partial charge on any atom is -0.478 e. The van der Waals surface area contributed by atoms with Crippen molar-refractivity contribution in [1.82, 2.24) is 0 Å². The quantitative estimate of drug-likeness (QED) is 0.867. The van der Waals surface area contributed by atoms with Gasteiger partial charge in [0.25, 0.3) is 0 Å². The molecule has 0 aromatic heterocycles. The van der Waals surface area contributed by atoms with Gasteiger partial charge in [0.2, 0.25) is 0 Å². The zero-order chi connectivity index (χ0) is 15.5. The van der Waals surface area contributed by atoms with E-state index in [2.05, 4.69) is 0 Å². The van der Waals surface area contributed by atoms with Crippen molar-refractivity contribution in [2.45, 2.75) is 24.8 Å². The van der Waals surface area contributed by atoms with Crippen LogP contribution in [-0.2, 0) is 14.6 Å². The Morgan fingerprint density at radius 3 is 2.45 bits per heavy atom. The van der Waals surface area contributed by atoms with E-state index in [9.17, 15) is 22.0 Å². The average Bonchev–Trinajstić information content (AvgIpc) is 2.31. The Morgan fingerprint density at radius 2 is 1.95 bits per heavy atom. The molecule has 0 saturated carbocycles. The van der Waals surface area contributed by atoms with Gasteiger partial charge in [-0.25, -0.2) is 22.0 Å². The molecule has 0 aliphatic heterocycles. The van der Waals surface area contributed by atoms with Crippen molar-refractivity contribution in [1.29, 1.82) is 0 Å². The van der Waals surface area contributed by atoms with Crippen molar-refractivity contribution in [2.75, 3.05) is 12.4 Å². The number of hydrogen-bond donors (Lipinski definition) is 1. The highest BCUT2D eigenvalue weighted by atomic mass is 32.2. The van der Waals surface area contributed by atoms with Crippen LogP contribution in [-0.4, -0.2) is 38.0 Å². The molecule has 0 spiro atoms. The summed E-state index contributed by atoms with van der Waals surface area (Å²) in [5.41, 5.74) is -0.632. The van der Waals surface area contributed by atoms with Crippen LogP contribution in [0.1, 0.15) is 24.2 Å². The Hall–Kier alpha value is -1.54.